The lowest BCUT2D eigenvalue weighted by atomic mass is 9.97. The van der Waals surface area contributed by atoms with Crippen molar-refractivity contribution in [1.29, 1.82) is 0 Å². The van der Waals surface area contributed by atoms with Gasteiger partial charge in [-0.05, 0) is 43.0 Å². The number of rotatable bonds is 7. The summed E-state index contributed by atoms with van der Waals surface area (Å²) in [5, 5.41) is 6.57. The number of thiazole rings is 1. The van der Waals surface area contributed by atoms with Crippen LogP contribution in [0.25, 0.3) is 0 Å². The van der Waals surface area contributed by atoms with Crippen LogP contribution in [0.15, 0.2) is 53.9 Å². The first-order valence-electron chi connectivity index (χ1n) is 12.8. The van der Waals surface area contributed by atoms with Crippen LogP contribution >= 0.6 is 22.9 Å². The molecule has 37 heavy (non-hydrogen) atoms. The molecule has 0 atom stereocenters. The number of hydrogen-bond donors (Lipinski definition) is 1. The molecular formula is C28H31ClN4O3S. The summed E-state index contributed by atoms with van der Waals surface area (Å²) in [4.78, 5) is 34.6. The molecule has 2 aliphatic rings. The fourth-order valence-corrected chi connectivity index (χ4v) is 6.10. The minimum atomic E-state index is -0.199. The predicted octanol–water partition coefficient (Wildman–Crippen LogP) is 5.22. The second-order valence-electron chi connectivity index (χ2n) is 9.39. The van der Waals surface area contributed by atoms with E-state index in [1.165, 1.54) is 11.3 Å². The summed E-state index contributed by atoms with van der Waals surface area (Å²) in [5.41, 5.74) is 3.23. The second-order valence-corrected chi connectivity index (χ2v) is 10.7. The predicted molar refractivity (Wildman–Crippen MR) is 148 cm³/mol. The van der Waals surface area contributed by atoms with Crippen LogP contribution in [0.5, 0.6) is 0 Å². The molecule has 0 unspecified atom stereocenters. The van der Waals surface area contributed by atoms with Crippen molar-refractivity contribution in [3.05, 3.63) is 75.2 Å². The minimum absolute atomic E-state index is 0.163. The number of benzene rings is 2. The number of para-hydroxylation sites is 2. The third-order valence-corrected chi connectivity index (χ3v) is 8.40. The van der Waals surface area contributed by atoms with Crippen molar-refractivity contribution in [2.75, 3.05) is 49.6 Å². The van der Waals surface area contributed by atoms with Crippen LogP contribution in [0.1, 0.15) is 46.2 Å². The molecule has 194 valence electrons. The van der Waals surface area contributed by atoms with E-state index in [-0.39, 0.29) is 17.7 Å². The molecule has 1 N–H and O–H groups in total. The van der Waals surface area contributed by atoms with Crippen molar-refractivity contribution in [3.8, 4) is 0 Å². The number of carbonyl (C=O) groups is 2. The maximum Gasteiger partial charge on any atom is 0.275 e. The zero-order valence-corrected chi connectivity index (χ0v) is 22.3. The average Bonchev–Trinajstić information content (AvgIpc) is 3.44. The fourth-order valence-electron chi connectivity index (χ4n) is 4.90. The third-order valence-electron chi connectivity index (χ3n) is 7.02. The van der Waals surface area contributed by atoms with Crippen molar-refractivity contribution in [2.24, 2.45) is 0 Å². The number of carbonyl (C=O) groups excluding carboxylic acids is 2. The molecule has 2 saturated heterocycles. The van der Waals surface area contributed by atoms with Gasteiger partial charge in [0.25, 0.3) is 5.91 Å². The normalized spacial score (nSPS) is 16.6. The summed E-state index contributed by atoms with van der Waals surface area (Å²) in [6.45, 7) is 4.39. The topological polar surface area (TPSA) is 74.8 Å². The molecule has 7 nitrogen and oxygen atoms in total. The van der Waals surface area contributed by atoms with E-state index in [4.69, 9.17) is 16.3 Å². The average molecular weight is 539 g/mol. The Morgan fingerprint density at radius 1 is 1.03 bits per heavy atom. The highest BCUT2D eigenvalue weighted by atomic mass is 35.5. The van der Waals surface area contributed by atoms with E-state index in [0.717, 1.165) is 47.9 Å². The number of nitrogens with one attached hydrogen (secondary N) is 1. The Morgan fingerprint density at radius 2 is 1.76 bits per heavy atom. The molecule has 0 bridgehead atoms. The summed E-state index contributed by atoms with van der Waals surface area (Å²) in [7, 11) is 0. The standard InChI is InChI=1S/C28H31ClN4O3S/c29-22-6-2-1-5-20(22)9-10-26(34)33-13-11-21(12-14-33)28-31-24(19-37-28)27(35)30-23-7-3-4-8-25(23)32-15-17-36-18-16-32/h1-8,19,21H,9-18H2,(H,30,35). The van der Waals surface area contributed by atoms with Gasteiger partial charge in [0.05, 0.1) is 29.6 Å². The molecule has 2 aliphatic heterocycles. The number of aryl methyl sites for hydroxylation is 1. The van der Waals surface area contributed by atoms with Gasteiger partial charge in [-0.2, -0.15) is 0 Å². The Kier molecular flexibility index (Phi) is 8.38. The Hall–Kier alpha value is -2.94. The summed E-state index contributed by atoms with van der Waals surface area (Å²) >= 11 is 7.76. The Bertz CT molecular complexity index is 1240. The van der Waals surface area contributed by atoms with Gasteiger partial charge >= 0.3 is 0 Å². The van der Waals surface area contributed by atoms with Crippen molar-refractivity contribution < 1.29 is 14.3 Å². The number of likely N-dealkylation sites (tertiary alicyclic amines) is 1. The highest BCUT2D eigenvalue weighted by Crippen LogP contribution is 2.32. The summed E-state index contributed by atoms with van der Waals surface area (Å²) in [5.74, 6) is 0.228. The van der Waals surface area contributed by atoms with Gasteiger partial charge in [0, 0.05) is 48.9 Å². The van der Waals surface area contributed by atoms with E-state index < -0.39 is 0 Å². The van der Waals surface area contributed by atoms with E-state index in [1.54, 1.807) is 0 Å². The lowest BCUT2D eigenvalue weighted by molar-refractivity contribution is -0.132. The minimum Gasteiger partial charge on any atom is -0.378 e. The number of aromatic nitrogens is 1. The zero-order valence-electron chi connectivity index (χ0n) is 20.7. The number of nitrogens with zero attached hydrogens (tertiary/aromatic N) is 3. The number of hydrogen-bond acceptors (Lipinski definition) is 6. The largest absolute Gasteiger partial charge is 0.378 e. The molecule has 9 heteroatoms. The van der Waals surface area contributed by atoms with Gasteiger partial charge < -0.3 is 19.9 Å². The van der Waals surface area contributed by atoms with Crippen LogP contribution in [0.2, 0.25) is 5.02 Å². The first-order valence-corrected chi connectivity index (χ1v) is 14.0. The molecular weight excluding hydrogens is 508 g/mol. The molecule has 3 heterocycles. The first kappa shape index (κ1) is 25.7. The van der Waals surface area contributed by atoms with E-state index in [0.29, 0.717) is 49.9 Å². The number of anilines is 2. The highest BCUT2D eigenvalue weighted by Gasteiger charge is 2.26. The van der Waals surface area contributed by atoms with Gasteiger partial charge in [-0.15, -0.1) is 11.3 Å². The van der Waals surface area contributed by atoms with E-state index in [9.17, 15) is 9.59 Å². The number of ether oxygens (including phenoxy) is 1. The van der Waals surface area contributed by atoms with Crippen LogP contribution in [-0.2, 0) is 16.0 Å². The van der Waals surface area contributed by atoms with E-state index in [1.807, 2.05) is 58.8 Å². The second kappa shape index (κ2) is 12.1. The van der Waals surface area contributed by atoms with Crippen LogP contribution in [0.3, 0.4) is 0 Å². The molecule has 0 spiro atoms. The third kappa shape index (κ3) is 6.32. The molecule has 3 aromatic rings. The van der Waals surface area contributed by atoms with Crippen LogP contribution in [0.4, 0.5) is 11.4 Å². The Labute approximate surface area is 226 Å². The Balaban J connectivity index is 1.14. The van der Waals surface area contributed by atoms with Crippen LogP contribution < -0.4 is 10.2 Å². The number of amides is 2. The number of piperidine rings is 1. The molecule has 0 aliphatic carbocycles. The summed E-state index contributed by atoms with van der Waals surface area (Å²) < 4.78 is 5.46. The van der Waals surface area contributed by atoms with Gasteiger partial charge in [0.15, 0.2) is 0 Å². The van der Waals surface area contributed by atoms with Crippen molar-refractivity contribution in [2.45, 2.75) is 31.6 Å². The van der Waals surface area contributed by atoms with Crippen LogP contribution in [-0.4, -0.2) is 61.1 Å². The molecule has 2 amide bonds. The van der Waals surface area contributed by atoms with Crippen molar-refractivity contribution >= 4 is 46.1 Å². The maximum atomic E-state index is 13.0. The Morgan fingerprint density at radius 3 is 2.54 bits per heavy atom. The van der Waals surface area contributed by atoms with Gasteiger partial charge in [-0.3, -0.25) is 9.59 Å². The fraction of sp³-hybridized carbons (Fsp3) is 0.393. The molecule has 0 saturated carbocycles. The quantitative estimate of drug-likeness (QED) is 0.446. The monoisotopic (exact) mass is 538 g/mol. The first-order chi connectivity index (χ1) is 18.1. The molecule has 1 aromatic heterocycles. The zero-order chi connectivity index (χ0) is 25.6. The summed E-state index contributed by atoms with van der Waals surface area (Å²) in [6.07, 6.45) is 2.82. The molecule has 2 aromatic carbocycles. The molecule has 2 fully saturated rings. The number of halogens is 1. The van der Waals surface area contributed by atoms with Gasteiger partial charge in [-0.1, -0.05) is 41.9 Å². The number of morpholine rings is 1. The van der Waals surface area contributed by atoms with Crippen molar-refractivity contribution in [3.63, 3.8) is 0 Å². The van der Waals surface area contributed by atoms with Gasteiger partial charge in [0.2, 0.25) is 5.91 Å². The van der Waals surface area contributed by atoms with E-state index >= 15 is 0 Å². The summed E-state index contributed by atoms with van der Waals surface area (Å²) in [6, 6.07) is 15.5. The molecule has 0 radical (unpaired) electrons. The smallest absolute Gasteiger partial charge is 0.275 e. The van der Waals surface area contributed by atoms with Gasteiger partial charge in [-0.25, -0.2) is 4.98 Å². The maximum absolute atomic E-state index is 13.0. The highest BCUT2D eigenvalue weighted by molar-refractivity contribution is 7.10. The lowest BCUT2D eigenvalue weighted by Crippen LogP contribution is -2.38. The van der Waals surface area contributed by atoms with Gasteiger partial charge in [0.1, 0.15) is 5.69 Å². The SMILES string of the molecule is O=C(Nc1ccccc1N1CCOCC1)c1csc(C2CCN(C(=O)CCc3ccccc3Cl)CC2)n1. The molecule has 5 rings (SSSR count). The van der Waals surface area contributed by atoms with E-state index in [2.05, 4.69) is 15.2 Å². The van der Waals surface area contributed by atoms with Crippen LogP contribution in [0, 0.1) is 0 Å². The van der Waals surface area contributed by atoms with Crippen molar-refractivity contribution in [1.82, 2.24) is 9.88 Å². The lowest BCUT2D eigenvalue weighted by Gasteiger charge is -2.31.